The highest BCUT2D eigenvalue weighted by atomic mass is 35.5. The fourth-order valence-electron chi connectivity index (χ4n) is 3.70. The van der Waals surface area contributed by atoms with Gasteiger partial charge < -0.3 is 10.2 Å². The van der Waals surface area contributed by atoms with E-state index < -0.39 is 16.1 Å². The highest BCUT2D eigenvalue weighted by Crippen LogP contribution is 2.23. The zero-order chi connectivity index (χ0) is 25.1. The van der Waals surface area contributed by atoms with Crippen molar-refractivity contribution in [3.8, 4) is 0 Å². The molecule has 0 aliphatic rings. The summed E-state index contributed by atoms with van der Waals surface area (Å²) in [6.45, 7) is 4.84. The van der Waals surface area contributed by atoms with Crippen LogP contribution in [0, 0.1) is 0 Å². The fraction of sp³-hybridized carbons (Fsp3) is 0.440. The van der Waals surface area contributed by atoms with Crippen LogP contribution in [-0.4, -0.2) is 50.5 Å². The van der Waals surface area contributed by atoms with Gasteiger partial charge in [-0.15, -0.1) is 0 Å². The Balaban J connectivity index is 2.17. The van der Waals surface area contributed by atoms with E-state index in [9.17, 15) is 18.0 Å². The molecule has 9 heteroatoms. The second-order valence-electron chi connectivity index (χ2n) is 8.14. The first-order valence-corrected chi connectivity index (χ1v) is 13.7. The summed E-state index contributed by atoms with van der Waals surface area (Å²) in [5.74, 6) is -0.368. The van der Waals surface area contributed by atoms with Crippen LogP contribution in [-0.2, 0) is 26.2 Å². The van der Waals surface area contributed by atoms with Gasteiger partial charge in [-0.3, -0.25) is 13.9 Å². The summed E-state index contributed by atoms with van der Waals surface area (Å²) in [5.41, 5.74) is 1.38. The molecular weight excluding hydrogens is 474 g/mol. The number of sulfonamides is 1. The minimum absolute atomic E-state index is 0.108. The molecule has 0 unspecified atom stereocenters. The molecule has 0 aliphatic carbocycles. The Kier molecular flexibility index (Phi) is 10.9. The Bertz CT molecular complexity index is 1050. The minimum atomic E-state index is -3.56. The van der Waals surface area contributed by atoms with Gasteiger partial charge in [-0.05, 0) is 43.0 Å². The van der Waals surface area contributed by atoms with E-state index in [0.29, 0.717) is 36.6 Å². The van der Waals surface area contributed by atoms with Crippen LogP contribution in [0.25, 0.3) is 0 Å². The van der Waals surface area contributed by atoms with Gasteiger partial charge in [0.1, 0.15) is 6.04 Å². The van der Waals surface area contributed by atoms with Crippen molar-refractivity contribution in [3.05, 3.63) is 65.2 Å². The number of anilines is 1. The van der Waals surface area contributed by atoms with Gasteiger partial charge in [0.05, 0.1) is 11.9 Å². The summed E-state index contributed by atoms with van der Waals surface area (Å²) >= 11 is 6.04. The van der Waals surface area contributed by atoms with E-state index in [-0.39, 0.29) is 24.8 Å². The number of nitrogens with zero attached hydrogens (tertiary/aromatic N) is 2. The largest absolute Gasteiger partial charge is 0.354 e. The highest BCUT2D eigenvalue weighted by Gasteiger charge is 2.28. The lowest BCUT2D eigenvalue weighted by atomic mass is 10.1. The quantitative estimate of drug-likeness (QED) is 0.439. The summed E-state index contributed by atoms with van der Waals surface area (Å²) in [6, 6.07) is 15.5. The summed E-state index contributed by atoms with van der Waals surface area (Å²) in [4.78, 5) is 27.7. The molecule has 2 aromatic carbocycles. The van der Waals surface area contributed by atoms with Gasteiger partial charge in [0.25, 0.3) is 0 Å². The first kappa shape index (κ1) is 27.7. The molecule has 1 atom stereocenters. The van der Waals surface area contributed by atoms with Crippen molar-refractivity contribution in [2.75, 3.05) is 23.7 Å². The smallest absolute Gasteiger partial charge is 0.242 e. The minimum Gasteiger partial charge on any atom is -0.354 e. The van der Waals surface area contributed by atoms with Gasteiger partial charge in [-0.1, -0.05) is 61.8 Å². The van der Waals surface area contributed by atoms with Crippen molar-refractivity contribution in [3.63, 3.8) is 0 Å². The molecule has 0 saturated heterocycles. The van der Waals surface area contributed by atoms with Crippen LogP contribution in [0.15, 0.2) is 54.6 Å². The van der Waals surface area contributed by atoms with Crippen LogP contribution in [0.3, 0.4) is 0 Å². The maximum absolute atomic E-state index is 13.3. The van der Waals surface area contributed by atoms with Crippen LogP contribution in [0.4, 0.5) is 5.69 Å². The number of carbonyl (C=O) groups is 2. The van der Waals surface area contributed by atoms with Gasteiger partial charge in [0, 0.05) is 31.1 Å². The monoisotopic (exact) mass is 507 g/mol. The van der Waals surface area contributed by atoms with Crippen molar-refractivity contribution in [2.24, 2.45) is 0 Å². The van der Waals surface area contributed by atoms with Gasteiger partial charge in [0.2, 0.25) is 21.8 Å². The third kappa shape index (κ3) is 8.33. The molecule has 0 heterocycles. The number of carbonyl (C=O) groups excluding carboxylic acids is 2. The van der Waals surface area contributed by atoms with Gasteiger partial charge in [0.15, 0.2) is 0 Å². The topological polar surface area (TPSA) is 86.8 Å². The van der Waals surface area contributed by atoms with Crippen molar-refractivity contribution in [2.45, 2.75) is 52.1 Å². The average molecular weight is 508 g/mol. The Morgan fingerprint density at radius 3 is 2.35 bits per heavy atom. The molecule has 34 heavy (non-hydrogen) atoms. The molecule has 0 spiro atoms. The predicted octanol–water partition coefficient (Wildman–Crippen LogP) is 4.22. The first-order valence-electron chi connectivity index (χ1n) is 11.5. The lowest BCUT2D eigenvalue weighted by Crippen LogP contribution is -2.49. The molecule has 1 N–H and O–H groups in total. The van der Waals surface area contributed by atoms with E-state index in [4.69, 9.17) is 11.6 Å². The molecule has 0 radical (unpaired) electrons. The number of hydrogen-bond donors (Lipinski definition) is 1. The Labute approximate surface area is 208 Å². The number of halogens is 1. The summed E-state index contributed by atoms with van der Waals surface area (Å²) in [6.07, 6.45) is 2.82. The third-order valence-corrected chi connectivity index (χ3v) is 6.81. The van der Waals surface area contributed by atoms with Crippen molar-refractivity contribution < 1.29 is 18.0 Å². The summed E-state index contributed by atoms with van der Waals surface area (Å²) < 4.78 is 26.0. The molecule has 2 aromatic rings. The van der Waals surface area contributed by atoms with Gasteiger partial charge >= 0.3 is 0 Å². The van der Waals surface area contributed by atoms with Crippen molar-refractivity contribution in [1.82, 2.24) is 10.2 Å². The Hall–Kier alpha value is -2.58. The molecule has 0 bridgehead atoms. The van der Waals surface area contributed by atoms with Crippen LogP contribution in [0.5, 0.6) is 0 Å². The first-order chi connectivity index (χ1) is 16.2. The maximum atomic E-state index is 13.3. The summed E-state index contributed by atoms with van der Waals surface area (Å²) in [7, 11) is -3.56. The van der Waals surface area contributed by atoms with Gasteiger partial charge in [-0.2, -0.15) is 0 Å². The second-order valence-corrected chi connectivity index (χ2v) is 10.5. The van der Waals surface area contributed by atoms with Crippen molar-refractivity contribution >= 4 is 39.1 Å². The van der Waals surface area contributed by atoms with Crippen LogP contribution >= 0.6 is 11.6 Å². The molecular formula is C25H34ClN3O4S. The van der Waals surface area contributed by atoms with Crippen LogP contribution < -0.4 is 9.62 Å². The Morgan fingerprint density at radius 2 is 1.76 bits per heavy atom. The SMILES string of the molecule is CCCNC(=O)[C@@H](CC)N(Cc1ccccc1)C(=O)CCCN(c1cccc(Cl)c1)S(C)(=O)=O. The molecule has 7 nitrogen and oxygen atoms in total. The number of benzene rings is 2. The standard InChI is InChI=1S/C25H34ClN3O4S/c1-4-16-27-25(31)23(5-2)28(19-20-11-7-6-8-12-20)24(30)15-10-17-29(34(3,32)33)22-14-9-13-21(26)18-22/h6-9,11-14,18,23H,4-5,10,15-17,19H2,1-3H3,(H,27,31)/t23-/m1/s1. The maximum Gasteiger partial charge on any atom is 0.242 e. The van der Waals surface area contributed by atoms with E-state index in [1.807, 2.05) is 44.2 Å². The van der Waals surface area contributed by atoms with E-state index in [1.165, 1.54) is 4.31 Å². The average Bonchev–Trinajstić information content (AvgIpc) is 2.80. The number of rotatable bonds is 13. The second kappa shape index (κ2) is 13.3. The van der Waals surface area contributed by atoms with Gasteiger partial charge in [-0.25, -0.2) is 8.42 Å². The zero-order valence-corrected chi connectivity index (χ0v) is 21.6. The Morgan fingerprint density at radius 1 is 1.06 bits per heavy atom. The molecule has 0 aliphatic heterocycles. The van der Waals surface area contributed by atoms with E-state index >= 15 is 0 Å². The molecule has 186 valence electrons. The molecule has 0 saturated carbocycles. The lowest BCUT2D eigenvalue weighted by Gasteiger charge is -2.31. The number of hydrogen-bond acceptors (Lipinski definition) is 4. The normalized spacial score (nSPS) is 12.1. The number of nitrogens with one attached hydrogen (secondary N) is 1. The molecule has 2 rings (SSSR count). The van der Waals surface area contributed by atoms with Crippen LogP contribution in [0.1, 0.15) is 45.1 Å². The van der Waals surface area contributed by atoms with E-state index in [0.717, 1.165) is 18.2 Å². The van der Waals surface area contributed by atoms with E-state index in [2.05, 4.69) is 5.32 Å². The van der Waals surface area contributed by atoms with E-state index in [1.54, 1.807) is 29.2 Å². The molecule has 2 amide bonds. The lowest BCUT2D eigenvalue weighted by molar-refractivity contribution is -0.141. The third-order valence-electron chi connectivity index (χ3n) is 5.38. The molecule has 0 fully saturated rings. The predicted molar refractivity (Wildman–Crippen MR) is 137 cm³/mol. The van der Waals surface area contributed by atoms with Crippen LogP contribution in [0.2, 0.25) is 5.02 Å². The number of amides is 2. The zero-order valence-electron chi connectivity index (χ0n) is 20.0. The molecule has 0 aromatic heterocycles. The fourth-order valence-corrected chi connectivity index (χ4v) is 4.84. The summed E-state index contributed by atoms with van der Waals surface area (Å²) in [5, 5.41) is 3.32. The van der Waals surface area contributed by atoms with Crippen molar-refractivity contribution in [1.29, 1.82) is 0 Å². The highest BCUT2D eigenvalue weighted by molar-refractivity contribution is 7.92.